The Labute approximate surface area is 106 Å². The average molecular weight is 242 g/mol. The molecule has 0 saturated heterocycles. The van der Waals surface area contributed by atoms with Gasteiger partial charge in [0.1, 0.15) is 0 Å². The average Bonchev–Trinajstić information content (AvgIpc) is 2.27. The van der Waals surface area contributed by atoms with E-state index in [2.05, 4.69) is 38.0 Å². The van der Waals surface area contributed by atoms with Crippen molar-refractivity contribution < 1.29 is 0 Å². The van der Waals surface area contributed by atoms with Gasteiger partial charge < -0.3 is 10.2 Å². The van der Waals surface area contributed by atoms with E-state index < -0.39 is 0 Å². The Hall–Kier alpha value is -0.310. The van der Waals surface area contributed by atoms with Crippen LogP contribution >= 0.6 is 12.2 Å². The second-order valence-electron chi connectivity index (χ2n) is 5.30. The van der Waals surface area contributed by atoms with Gasteiger partial charge in [-0.1, -0.05) is 13.3 Å². The summed E-state index contributed by atoms with van der Waals surface area (Å²) in [5, 5.41) is 4.23. The Bertz CT molecular complexity index is 220. The number of nitrogens with one attached hydrogen (secondary N) is 1. The van der Waals surface area contributed by atoms with Crippen LogP contribution in [0.4, 0.5) is 0 Å². The SMILES string of the molecule is CCC1CCC(N(C)C(=S)NC(C)C)CC1. The first-order chi connectivity index (χ1) is 7.54. The van der Waals surface area contributed by atoms with Gasteiger partial charge in [-0.25, -0.2) is 0 Å². The summed E-state index contributed by atoms with van der Waals surface area (Å²) in [7, 11) is 2.13. The van der Waals surface area contributed by atoms with Gasteiger partial charge in [0, 0.05) is 19.1 Å². The van der Waals surface area contributed by atoms with Crippen LogP contribution in [-0.2, 0) is 0 Å². The Morgan fingerprint density at radius 2 is 1.88 bits per heavy atom. The summed E-state index contributed by atoms with van der Waals surface area (Å²) in [6.07, 6.45) is 6.68. The Morgan fingerprint density at radius 1 is 1.31 bits per heavy atom. The first-order valence-corrected chi connectivity index (χ1v) is 6.98. The quantitative estimate of drug-likeness (QED) is 0.765. The molecule has 0 aromatic rings. The maximum absolute atomic E-state index is 5.41. The van der Waals surface area contributed by atoms with Crippen LogP contribution in [0.3, 0.4) is 0 Å². The maximum atomic E-state index is 5.41. The minimum Gasteiger partial charge on any atom is -0.360 e. The third-order valence-electron chi connectivity index (χ3n) is 3.67. The Balaban J connectivity index is 2.37. The van der Waals surface area contributed by atoms with E-state index in [0.29, 0.717) is 12.1 Å². The predicted octanol–water partition coefficient (Wildman–Crippen LogP) is 3.17. The third-order valence-corrected chi connectivity index (χ3v) is 4.08. The molecule has 0 radical (unpaired) electrons. The molecule has 3 heteroatoms. The molecule has 0 aromatic heterocycles. The Morgan fingerprint density at radius 3 is 2.31 bits per heavy atom. The van der Waals surface area contributed by atoms with Crippen molar-refractivity contribution in [2.24, 2.45) is 5.92 Å². The molecule has 94 valence electrons. The van der Waals surface area contributed by atoms with Crippen molar-refractivity contribution in [3.05, 3.63) is 0 Å². The molecule has 1 saturated carbocycles. The molecule has 1 aliphatic rings. The molecule has 1 rings (SSSR count). The highest BCUT2D eigenvalue weighted by atomic mass is 32.1. The van der Waals surface area contributed by atoms with Crippen molar-refractivity contribution in [1.29, 1.82) is 0 Å². The summed E-state index contributed by atoms with van der Waals surface area (Å²) in [6, 6.07) is 1.09. The van der Waals surface area contributed by atoms with E-state index >= 15 is 0 Å². The minimum absolute atomic E-state index is 0.432. The van der Waals surface area contributed by atoms with Gasteiger partial charge in [-0.2, -0.15) is 0 Å². The van der Waals surface area contributed by atoms with E-state index in [1.165, 1.54) is 32.1 Å². The molecule has 1 N–H and O–H groups in total. The molecular weight excluding hydrogens is 216 g/mol. The highest BCUT2D eigenvalue weighted by Gasteiger charge is 2.24. The van der Waals surface area contributed by atoms with E-state index in [0.717, 1.165) is 11.0 Å². The van der Waals surface area contributed by atoms with Crippen LogP contribution in [0.2, 0.25) is 0 Å². The van der Waals surface area contributed by atoms with E-state index in [4.69, 9.17) is 12.2 Å². The van der Waals surface area contributed by atoms with Crippen LogP contribution in [0.5, 0.6) is 0 Å². The highest BCUT2D eigenvalue weighted by molar-refractivity contribution is 7.80. The van der Waals surface area contributed by atoms with Crippen molar-refractivity contribution in [3.8, 4) is 0 Å². The molecule has 2 nitrogen and oxygen atoms in total. The second-order valence-corrected chi connectivity index (χ2v) is 5.68. The number of hydrogen-bond acceptors (Lipinski definition) is 1. The van der Waals surface area contributed by atoms with Gasteiger partial charge in [0.25, 0.3) is 0 Å². The molecule has 0 heterocycles. The van der Waals surface area contributed by atoms with E-state index in [1.54, 1.807) is 0 Å². The molecule has 1 fully saturated rings. The molecule has 1 aliphatic carbocycles. The van der Waals surface area contributed by atoms with Crippen LogP contribution < -0.4 is 5.32 Å². The molecule has 0 aliphatic heterocycles. The lowest BCUT2D eigenvalue weighted by Gasteiger charge is -2.36. The van der Waals surface area contributed by atoms with Gasteiger partial charge in [-0.15, -0.1) is 0 Å². The molecule has 0 atom stereocenters. The minimum atomic E-state index is 0.432. The van der Waals surface area contributed by atoms with Gasteiger partial charge in [0.05, 0.1) is 0 Å². The fraction of sp³-hybridized carbons (Fsp3) is 0.923. The molecular formula is C13H26N2S. The van der Waals surface area contributed by atoms with Crippen molar-refractivity contribution in [2.45, 2.75) is 65.0 Å². The van der Waals surface area contributed by atoms with Crippen molar-refractivity contribution in [3.63, 3.8) is 0 Å². The predicted molar refractivity (Wildman–Crippen MR) is 74.7 cm³/mol. The second kappa shape index (κ2) is 6.43. The van der Waals surface area contributed by atoms with Gasteiger partial charge in [0.15, 0.2) is 5.11 Å². The zero-order valence-corrected chi connectivity index (χ0v) is 11.9. The van der Waals surface area contributed by atoms with Crippen molar-refractivity contribution in [2.75, 3.05) is 7.05 Å². The zero-order valence-electron chi connectivity index (χ0n) is 11.1. The fourth-order valence-electron chi connectivity index (χ4n) is 2.45. The van der Waals surface area contributed by atoms with E-state index in [-0.39, 0.29) is 0 Å². The van der Waals surface area contributed by atoms with Gasteiger partial charge in [-0.05, 0) is 57.7 Å². The molecule has 16 heavy (non-hydrogen) atoms. The molecule has 0 amide bonds. The van der Waals surface area contributed by atoms with Crippen molar-refractivity contribution >= 4 is 17.3 Å². The molecule has 0 bridgehead atoms. The number of thiocarbonyl (C=S) groups is 1. The van der Waals surface area contributed by atoms with E-state index in [9.17, 15) is 0 Å². The third kappa shape index (κ3) is 3.93. The summed E-state index contributed by atoms with van der Waals surface area (Å²) in [4.78, 5) is 2.27. The topological polar surface area (TPSA) is 15.3 Å². The van der Waals surface area contributed by atoms with E-state index in [1.807, 2.05) is 0 Å². The first-order valence-electron chi connectivity index (χ1n) is 6.57. The number of hydrogen-bond donors (Lipinski definition) is 1. The van der Waals surface area contributed by atoms with Crippen LogP contribution in [-0.4, -0.2) is 29.1 Å². The van der Waals surface area contributed by atoms with Crippen LogP contribution in [0, 0.1) is 5.92 Å². The zero-order chi connectivity index (χ0) is 12.1. The number of rotatable bonds is 3. The summed E-state index contributed by atoms with van der Waals surface area (Å²) in [5.74, 6) is 0.955. The summed E-state index contributed by atoms with van der Waals surface area (Å²) < 4.78 is 0. The monoisotopic (exact) mass is 242 g/mol. The molecule has 0 spiro atoms. The standard InChI is InChI=1S/C13H26N2S/c1-5-11-6-8-12(9-7-11)15(4)13(16)14-10(2)3/h10-12H,5-9H2,1-4H3,(H,14,16). The molecule has 0 unspecified atom stereocenters. The normalized spacial score (nSPS) is 25.6. The van der Waals surface area contributed by atoms with Gasteiger partial charge >= 0.3 is 0 Å². The lowest BCUT2D eigenvalue weighted by atomic mass is 9.84. The first kappa shape index (κ1) is 13.8. The summed E-state index contributed by atoms with van der Waals surface area (Å²) >= 11 is 5.41. The lowest BCUT2D eigenvalue weighted by molar-refractivity contribution is 0.224. The van der Waals surface area contributed by atoms with Crippen LogP contribution in [0.15, 0.2) is 0 Å². The molecule has 0 aromatic carbocycles. The smallest absolute Gasteiger partial charge is 0.169 e. The highest BCUT2D eigenvalue weighted by Crippen LogP contribution is 2.28. The summed E-state index contributed by atoms with van der Waals surface area (Å²) in [5.41, 5.74) is 0. The maximum Gasteiger partial charge on any atom is 0.169 e. The van der Waals surface area contributed by atoms with Crippen molar-refractivity contribution in [1.82, 2.24) is 10.2 Å². The largest absolute Gasteiger partial charge is 0.360 e. The number of nitrogens with zero attached hydrogens (tertiary/aromatic N) is 1. The fourth-order valence-corrected chi connectivity index (χ4v) is 2.84. The lowest BCUT2D eigenvalue weighted by Crippen LogP contribution is -2.46. The Kier molecular flexibility index (Phi) is 5.53. The van der Waals surface area contributed by atoms with Crippen LogP contribution in [0.1, 0.15) is 52.9 Å². The van der Waals surface area contributed by atoms with Gasteiger partial charge in [0.2, 0.25) is 0 Å². The summed E-state index contributed by atoms with van der Waals surface area (Å²) in [6.45, 7) is 6.57. The van der Waals surface area contributed by atoms with Gasteiger partial charge in [-0.3, -0.25) is 0 Å². The van der Waals surface area contributed by atoms with Crippen LogP contribution in [0.25, 0.3) is 0 Å².